The maximum absolute atomic E-state index is 10.9. The molecule has 7 nitrogen and oxygen atoms in total. The molecule has 0 bridgehead atoms. The van der Waals surface area contributed by atoms with Gasteiger partial charge in [0.05, 0.1) is 11.1 Å². The third kappa shape index (κ3) is 3.41. The number of nitro benzene ring substituents is 1. The maximum Gasteiger partial charge on any atom is 0.359 e. The lowest BCUT2D eigenvalue weighted by Crippen LogP contribution is -1.92. The van der Waals surface area contributed by atoms with Gasteiger partial charge in [-0.25, -0.2) is 5.26 Å². The van der Waals surface area contributed by atoms with E-state index in [0.29, 0.717) is 5.56 Å². The van der Waals surface area contributed by atoms with Crippen molar-refractivity contribution in [3.63, 3.8) is 0 Å². The summed E-state index contributed by atoms with van der Waals surface area (Å²) in [6, 6.07) is 5.04. The Morgan fingerprint density at radius 3 is 2.33 bits per heavy atom. The van der Waals surface area contributed by atoms with Crippen LogP contribution in [-0.2, 0) is 15.4 Å². The van der Waals surface area contributed by atoms with Gasteiger partial charge in [0.1, 0.15) is 0 Å². The van der Waals surface area contributed by atoms with E-state index in [-0.39, 0.29) is 5.69 Å². The number of benzene rings is 1. The van der Waals surface area contributed by atoms with Crippen molar-refractivity contribution in [2.24, 2.45) is 0 Å². The molecule has 15 heavy (non-hydrogen) atoms. The molecular weight excluding hydrogens is 225 g/mol. The fourth-order valence-corrected chi connectivity index (χ4v) is 1.71. The van der Waals surface area contributed by atoms with Crippen LogP contribution in [0.5, 0.6) is 0 Å². The second-order valence-corrected chi connectivity index (χ2v) is 4.56. The summed E-state index contributed by atoms with van der Waals surface area (Å²) in [5.41, 5.74) is 0.247. The summed E-state index contributed by atoms with van der Waals surface area (Å²) >= 11 is 0. The second-order valence-electron chi connectivity index (χ2n) is 2.80. The summed E-state index contributed by atoms with van der Waals surface area (Å²) in [6.45, 7) is 0. The largest absolute Gasteiger partial charge is 0.359 e. The van der Waals surface area contributed by atoms with Crippen LogP contribution in [0, 0.1) is 10.1 Å². The quantitative estimate of drug-likeness (QED) is 0.355. The Labute approximate surface area is 84.5 Å². The van der Waals surface area contributed by atoms with E-state index in [1.54, 1.807) is 0 Å². The van der Waals surface area contributed by atoms with E-state index >= 15 is 0 Å². The van der Waals surface area contributed by atoms with E-state index in [0.717, 1.165) is 0 Å². The van der Waals surface area contributed by atoms with Gasteiger partial charge in [0.25, 0.3) is 5.69 Å². The van der Waals surface area contributed by atoms with Crippen molar-refractivity contribution >= 4 is 13.3 Å². The summed E-state index contributed by atoms with van der Waals surface area (Å²) < 4.78 is 14.3. The molecular formula is C7H8NO6P. The van der Waals surface area contributed by atoms with Gasteiger partial charge in [0.15, 0.2) is 0 Å². The smallest absolute Gasteiger partial charge is 0.323 e. The fourth-order valence-electron chi connectivity index (χ4n) is 0.983. The molecule has 0 aliphatic rings. The van der Waals surface area contributed by atoms with Crippen LogP contribution in [0.4, 0.5) is 5.69 Å². The van der Waals surface area contributed by atoms with Crippen molar-refractivity contribution in [1.82, 2.24) is 0 Å². The van der Waals surface area contributed by atoms with Crippen molar-refractivity contribution in [2.45, 2.75) is 6.16 Å². The Bertz CT molecular complexity index is 402. The topological polar surface area (TPSA) is 110 Å². The Morgan fingerprint density at radius 1 is 1.40 bits per heavy atom. The molecule has 0 heterocycles. The molecule has 0 aliphatic heterocycles. The van der Waals surface area contributed by atoms with Crippen LogP contribution in [0.3, 0.4) is 0 Å². The maximum atomic E-state index is 10.9. The number of non-ortho nitro benzene ring substituents is 1. The number of nitro groups is 1. The predicted molar refractivity (Wildman–Crippen MR) is 50.3 cm³/mol. The van der Waals surface area contributed by atoms with Gasteiger partial charge in [0, 0.05) is 12.1 Å². The van der Waals surface area contributed by atoms with E-state index < -0.39 is 18.7 Å². The van der Waals surface area contributed by atoms with Gasteiger partial charge in [-0.15, -0.1) is 0 Å². The summed E-state index contributed by atoms with van der Waals surface area (Å²) in [6.07, 6.45) is -0.401. The summed E-state index contributed by atoms with van der Waals surface area (Å²) in [5.74, 6) is 0. The van der Waals surface area contributed by atoms with Crippen LogP contribution in [0.25, 0.3) is 0 Å². The molecule has 0 radical (unpaired) electrons. The molecule has 2 N–H and O–H groups in total. The van der Waals surface area contributed by atoms with Gasteiger partial charge in [-0.05, 0) is 5.56 Å². The van der Waals surface area contributed by atoms with Gasteiger partial charge in [-0.2, -0.15) is 4.67 Å². The van der Waals surface area contributed by atoms with Gasteiger partial charge >= 0.3 is 7.60 Å². The van der Waals surface area contributed by atoms with Crippen LogP contribution in [0.15, 0.2) is 24.3 Å². The molecule has 1 atom stereocenters. The molecule has 0 spiro atoms. The molecule has 1 aromatic rings. The van der Waals surface area contributed by atoms with Crippen LogP contribution in [-0.4, -0.2) is 15.1 Å². The first-order valence-corrected chi connectivity index (χ1v) is 5.59. The third-order valence-electron chi connectivity index (χ3n) is 1.66. The van der Waals surface area contributed by atoms with Crippen molar-refractivity contribution in [1.29, 1.82) is 0 Å². The molecule has 1 unspecified atom stereocenters. The molecule has 0 aromatic heterocycles. The number of nitrogens with zero attached hydrogens (tertiary/aromatic N) is 1. The van der Waals surface area contributed by atoms with Gasteiger partial charge in [-0.3, -0.25) is 14.7 Å². The standard InChI is InChI=1S/C7H8NO6P/c9-8(10)7-3-1-6(2-4-7)5-15(12,13)14-11/h1-4,11H,5H2,(H,12,13). The highest BCUT2D eigenvalue weighted by Gasteiger charge is 2.20. The Balaban J connectivity index is 2.82. The molecule has 0 aliphatic carbocycles. The summed E-state index contributed by atoms with van der Waals surface area (Å²) in [7, 11) is -4.05. The molecule has 8 heteroatoms. The lowest BCUT2D eigenvalue weighted by Gasteiger charge is -2.05. The van der Waals surface area contributed by atoms with Crippen molar-refractivity contribution in [2.75, 3.05) is 0 Å². The minimum Gasteiger partial charge on any atom is -0.323 e. The predicted octanol–water partition coefficient (Wildman–Crippen LogP) is 1.77. The Hall–Kier alpha value is -1.27. The fraction of sp³-hybridized carbons (Fsp3) is 0.143. The molecule has 82 valence electrons. The third-order valence-corrected chi connectivity index (χ3v) is 2.68. The molecule has 1 rings (SSSR count). The monoisotopic (exact) mass is 233 g/mol. The lowest BCUT2D eigenvalue weighted by molar-refractivity contribution is -0.384. The van der Waals surface area contributed by atoms with Gasteiger partial charge in [0.2, 0.25) is 0 Å². The normalized spacial score (nSPS) is 14.5. The Kier molecular flexibility index (Phi) is 3.54. The van der Waals surface area contributed by atoms with E-state index in [4.69, 9.17) is 10.2 Å². The Morgan fingerprint density at radius 2 is 1.93 bits per heavy atom. The van der Waals surface area contributed by atoms with Crippen molar-refractivity contribution < 1.29 is 24.3 Å². The first-order valence-electron chi connectivity index (χ1n) is 3.83. The van der Waals surface area contributed by atoms with E-state index in [1.165, 1.54) is 24.3 Å². The number of rotatable bonds is 4. The highest BCUT2D eigenvalue weighted by atomic mass is 31.2. The molecule has 0 saturated heterocycles. The van der Waals surface area contributed by atoms with Crippen LogP contribution in [0.2, 0.25) is 0 Å². The minimum absolute atomic E-state index is 0.114. The van der Waals surface area contributed by atoms with Crippen LogP contribution >= 0.6 is 7.60 Å². The second kappa shape index (κ2) is 4.50. The van der Waals surface area contributed by atoms with Gasteiger partial charge < -0.3 is 4.89 Å². The first-order chi connectivity index (χ1) is 6.94. The molecule has 0 fully saturated rings. The van der Waals surface area contributed by atoms with Crippen LogP contribution in [0.1, 0.15) is 5.56 Å². The minimum atomic E-state index is -4.05. The highest BCUT2D eigenvalue weighted by Crippen LogP contribution is 2.44. The average Bonchev–Trinajstić information content (AvgIpc) is 2.18. The number of hydrogen-bond donors (Lipinski definition) is 2. The zero-order valence-electron chi connectivity index (χ0n) is 7.44. The van der Waals surface area contributed by atoms with Crippen LogP contribution < -0.4 is 0 Å². The lowest BCUT2D eigenvalue weighted by atomic mass is 10.2. The molecule has 0 amide bonds. The SMILES string of the molecule is O=[N+]([O-])c1ccc(CP(=O)(O)OO)cc1. The van der Waals surface area contributed by atoms with E-state index in [2.05, 4.69) is 4.67 Å². The highest BCUT2D eigenvalue weighted by molar-refractivity contribution is 7.51. The summed E-state index contributed by atoms with van der Waals surface area (Å²) in [5, 5.41) is 18.4. The van der Waals surface area contributed by atoms with E-state index in [9.17, 15) is 14.7 Å². The van der Waals surface area contributed by atoms with Gasteiger partial charge in [-0.1, -0.05) is 12.1 Å². The first kappa shape index (κ1) is 11.8. The zero-order valence-corrected chi connectivity index (χ0v) is 8.33. The summed E-state index contributed by atoms with van der Waals surface area (Å²) in [4.78, 5) is 18.6. The van der Waals surface area contributed by atoms with Crippen molar-refractivity contribution in [3.05, 3.63) is 39.9 Å². The zero-order chi connectivity index (χ0) is 11.5. The molecule has 1 aromatic carbocycles. The molecule has 0 saturated carbocycles. The average molecular weight is 233 g/mol. The van der Waals surface area contributed by atoms with Crippen molar-refractivity contribution in [3.8, 4) is 0 Å². The number of hydrogen-bond acceptors (Lipinski definition) is 5. The van der Waals surface area contributed by atoms with E-state index in [1.807, 2.05) is 0 Å².